The van der Waals surface area contributed by atoms with Crippen molar-refractivity contribution in [3.8, 4) is 0 Å². The zero-order valence-electron chi connectivity index (χ0n) is 7.81. The van der Waals surface area contributed by atoms with E-state index in [4.69, 9.17) is 11.6 Å². The molecule has 6 heteroatoms. The molecule has 1 heterocycles. The van der Waals surface area contributed by atoms with Gasteiger partial charge in [-0.05, 0) is 24.3 Å². The third-order valence-electron chi connectivity index (χ3n) is 1.72. The number of hydrogen-bond donors (Lipinski definition) is 0. The van der Waals surface area contributed by atoms with Gasteiger partial charge in [0.05, 0.1) is 0 Å². The number of halogens is 2. The molecule has 0 N–H and O–H groups in total. The second kappa shape index (κ2) is 5.31. The molecule has 0 amide bonds. The molecule has 0 saturated carbocycles. The summed E-state index contributed by atoms with van der Waals surface area (Å²) in [7, 11) is 0. The predicted molar refractivity (Wildman–Crippen MR) is 70.8 cm³/mol. The van der Waals surface area contributed by atoms with Gasteiger partial charge >= 0.3 is 0 Å². The molecule has 0 unspecified atom stereocenters. The van der Waals surface area contributed by atoms with Crippen LogP contribution in [0.3, 0.4) is 0 Å². The van der Waals surface area contributed by atoms with Crippen molar-refractivity contribution in [3.63, 3.8) is 0 Å². The zero-order valence-corrected chi connectivity index (χ0v) is 11.8. The number of aldehydes is 1. The molecule has 2 nitrogen and oxygen atoms in total. The van der Waals surface area contributed by atoms with Crippen molar-refractivity contribution in [3.05, 3.63) is 38.8 Å². The van der Waals surface area contributed by atoms with Crippen molar-refractivity contribution < 1.29 is 4.79 Å². The first-order valence-corrected chi connectivity index (χ1v) is 7.04. The SMILES string of the molecule is O=Cc1sc(Sc2ccc(Br)cc2)nc1Cl. The molecule has 0 saturated heterocycles. The number of aromatic nitrogens is 1. The molecule has 2 rings (SSSR count). The molecule has 0 atom stereocenters. The van der Waals surface area contributed by atoms with Gasteiger partial charge in [-0.15, -0.1) is 11.3 Å². The van der Waals surface area contributed by atoms with Crippen LogP contribution in [-0.4, -0.2) is 11.3 Å². The van der Waals surface area contributed by atoms with Gasteiger partial charge in [-0.2, -0.15) is 0 Å². The Bertz CT molecular complexity index is 512. The van der Waals surface area contributed by atoms with Gasteiger partial charge in [-0.25, -0.2) is 4.98 Å². The van der Waals surface area contributed by atoms with Gasteiger partial charge < -0.3 is 0 Å². The molecular weight excluding hydrogens is 330 g/mol. The summed E-state index contributed by atoms with van der Waals surface area (Å²) in [6.45, 7) is 0. The number of carbonyl (C=O) groups excluding carboxylic acids is 1. The van der Waals surface area contributed by atoms with E-state index < -0.39 is 0 Å². The smallest absolute Gasteiger partial charge is 0.163 e. The molecule has 0 aliphatic carbocycles. The van der Waals surface area contributed by atoms with Crippen LogP contribution in [0.25, 0.3) is 0 Å². The van der Waals surface area contributed by atoms with Crippen molar-refractivity contribution in [1.29, 1.82) is 0 Å². The van der Waals surface area contributed by atoms with E-state index in [-0.39, 0.29) is 5.15 Å². The normalized spacial score (nSPS) is 10.4. The van der Waals surface area contributed by atoms with Gasteiger partial charge in [0.2, 0.25) is 0 Å². The number of nitrogens with zero attached hydrogens (tertiary/aromatic N) is 1. The number of thiazole rings is 1. The highest BCUT2D eigenvalue weighted by molar-refractivity contribution is 9.10. The van der Waals surface area contributed by atoms with Crippen molar-refractivity contribution in [2.24, 2.45) is 0 Å². The Morgan fingerprint density at radius 3 is 2.62 bits per heavy atom. The maximum absolute atomic E-state index is 10.6. The number of hydrogen-bond acceptors (Lipinski definition) is 4. The van der Waals surface area contributed by atoms with E-state index in [0.717, 1.165) is 20.0 Å². The van der Waals surface area contributed by atoms with Crippen LogP contribution < -0.4 is 0 Å². The van der Waals surface area contributed by atoms with Crippen LogP contribution in [0.4, 0.5) is 0 Å². The first-order valence-electron chi connectivity index (χ1n) is 4.24. The van der Waals surface area contributed by atoms with Gasteiger partial charge in [-0.3, -0.25) is 4.79 Å². The highest BCUT2D eigenvalue weighted by Gasteiger charge is 2.09. The summed E-state index contributed by atoms with van der Waals surface area (Å²) in [6, 6.07) is 7.87. The minimum Gasteiger partial charge on any atom is -0.297 e. The third kappa shape index (κ3) is 2.85. The Kier molecular flexibility index (Phi) is 4.02. The molecule has 0 fully saturated rings. The van der Waals surface area contributed by atoms with Gasteiger partial charge in [-0.1, -0.05) is 39.3 Å². The maximum atomic E-state index is 10.6. The quantitative estimate of drug-likeness (QED) is 0.773. The molecule has 82 valence electrons. The van der Waals surface area contributed by atoms with Crippen LogP contribution in [0, 0.1) is 0 Å². The number of rotatable bonds is 3. The average Bonchev–Trinajstić information content (AvgIpc) is 2.62. The molecule has 1 aromatic heterocycles. The lowest BCUT2D eigenvalue weighted by Crippen LogP contribution is -1.72. The monoisotopic (exact) mass is 333 g/mol. The lowest BCUT2D eigenvalue weighted by molar-refractivity contribution is 0.112. The Balaban J connectivity index is 2.20. The van der Waals surface area contributed by atoms with Gasteiger partial charge in [0, 0.05) is 9.37 Å². The fourth-order valence-corrected chi connectivity index (χ4v) is 3.46. The summed E-state index contributed by atoms with van der Waals surface area (Å²) < 4.78 is 1.80. The minimum atomic E-state index is 0.277. The van der Waals surface area contributed by atoms with Crippen molar-refractivity contribution in [1.82, 2.24) is 4.98 Å². The third-order valence-corrected chi connectivity index (χ3v) is 4.69. The van der Waals surface area contributed by atoms with Crippen molar-refractivity contribution >= 4 is 56.9 Å². The van der Waals surface area contributed by atoms with E-state index in [2.05, 4.69) is 20.9 Å². The largest absolute Gasteiger partial charge is 0.297 e. The second-order valence-corrected chi connectivity index (χ2v) is 6.43. The summed E-state index contributed by atoms with van der Waals surface area (Å²) in [5.74, 6) is 0. The van der Waals surface area contributed by atoms with E-state index >= 15 is 0 Å². The molecule has 16 heavy (non-hydrogen) atoms. The van der Waals surface area contributed by atoms with Crippen LogP contribution >= 0.6 is 50.6 Å². The maximum Gasteiger partial charge on any atom is 0.163 e. The fraction of sp³-hybridized carbons (Fsp3) is 0. The summed E-state index contributed by atoms with van der Waals surface area (Å²) in [5.41, 5.74) is 0. The van der Waals surface area contributed by atoms with E-state index in [9.17, 15) is 4.79 Å². The highest BCUT2D eigenvalue weighted by atomic mass is 79.9. The Morgan fingerprint density at radius 2 is 2.06 bits per heavy atom. The molecule has 0 radical (unpaired) electrons. The molecule has 0 bridgehead atoms. The zero-order chi connectivity index (χ0) is 11.5. The topological polar surface area (TPSA) is 30.0 Å². The predicted octanol–water partition coefficient (Wildman–Crippen LogP) is 4.52. The summed E-state index contributed by atoms with van der Waals surface area (Å²) in [5, 5.41) is 0.277. The first-order chi connectivity index (χ1) is 7.69. The van der Waals surface area contributed by atoms with Gasteiger partial charge in [0.1, 0.15) is 4.88 Å². The minimum absolute atomic E-state index is 0.277. The molecule has 1 aromatic carbocycles. The fourth-order valence-electron chi connectivity index (χ4n) is 1.01. The molecular formula is C10H5BrClNOS2. The molecule has 0 aliphatic heterocycles. The summed E-state index contributed by atoms with van der Waals surface area (Å²) >= 11 is 11.9. The molecule has 0 spiro atoms. The second-order valence-electron chi connectivity index (χ2n) is 2.81. The average molecular weight is 335 g/mol. The number of carbonyl (C=O) groups is 1. The Morgan fingerprint density at radius 1 is 1.38 bits per heavy atom. The van der Waals surface area contributed by atoms with E-state index in [1.807, 2.05) is 24.3 Å². The molecule has 2 aromatic rings. The lowest BCUT2D eigenvalue weighted by atomic mass is 10.4. The van der Waals surface area contributed by atoms with Gasteiger partial charge in [0.25, 0.3) is 0 Å². The Labute approximate surface area is 114 Å². The van der Waals surface area contributed by atoms with Gasteiger partial charge in [0.15, 0.2) is 15.8 Å². The van der Waals surface area contributed by atoms with E-state index in [1.54, 1.807) is 0 Å². The van der Waals surface area contributed by atoms with E-state index in [1.165, 1.54) is 23.1 Å². The number of benzene rings is 1. The standard InChI is InChI=1S/C10H5BrClNOS2/c11-6-1-3-7(4-2-6)15-10-13-9(12)8(5-14)16-10/h1-5H. The van der Waals surface area contributed by atoms with Crippen LogP contribution in [0.5, 0.6) is 0 Å². The highest BCUT2D eigenvalue weighted by Crippen LogP contribution is 2.34. The van der Waals surface area contributed by atoms with Crippen molar-refractivity contribution in [2.75, 3.05) is 0 Å². The summed E-state index contributed by atoms with van der Waals surface area (Å²) in [6.07, 6.45) is 0.728. The first kappa shape index (κ1) is 12.1. The van der Waals surface area contributed by atoms with Crippen molar-refractivity contribution in [2.45, 2.75) is 9.24 Å². The summed E-state index contributed by atoms with van der Waals surface area (Å²) in [4.78, 5) is 16.2. The molecule has 0 aliphatic rings. The van der Waals surface area contributed by atoms with E-state index in [0.29, 0.717) is 4.88 Å². The lowest BCUT2D eigenvalue weighted by Gasteiger charge is -1.96. The van der Waals surface area contributed by atoms with Crippen LogP contribution in [0.15, 0.2) is 38.0 Å². The van der Waals surface area contributed by atoms with Crippen LogP contribution in [0.1, 0.15) is 9.67 Å². The van der Waals surface area contributed by atoms with Crippen LogP contribution in [-0.2, 0) is 0 Å². The van der Waals surface area contributed by atoms with Crippen LogP contribution in [0.2, 0.25) is 5.15 Å². The Hall–Kier alpha value is -0.360.